The number of fused-ring (bicyclic) bond motifs is 1. The maximum absolute atomic E-state index is 13.0. The van der Waals surface area contributed by atoms with Gasteiger partial charge in [0.1, 0.15) is 11.4 Å². The Hall–Kier alpha value is -2.26. The van der Waals surface area contributed by atoms with Crippen LogP contribution in [0.15, 0.2) is 27.6 Å². The summed E-state index contributed by atoms with van der Waals surface area (Å²) in [7, 11) is 0. The van der Waals surface area contributed by atoms with E-state index in [9.17, 15) is 14.0 Å². The van der Waals surface area contributed by atoms with E-state index in [1.54, 1.807) is 6.92 Å². The lowest BCUT2D eigenvalue weighted by Crippen LogP contribution is -1.93. The molecule has 0 aliphatic heterocycles. The second-order valence-corrected chi connectivity index (χ2v) is 3.20. The van der Waals surface area contributed by atoms with Crippen LogP contribution in [-0.4, -0.2) is 12.0 Å². The Morgan fingerprint density at radius 3 is 2.94 bits per heavy atom. The van der Waals surface area contributed by atoms with Crippen molar-refractivity contribution in [3.8, 4) is 0 Å². The number of aryl methyl sites for hydroxylation is 1. The number of furan rings is 1. The van der Waals surface area contributed by atoms with Gasteiger partial charge in [-0.2, -0.15) is 0 Å². The molecule has 2 rings (SSSR count). The third kappa shape index (κ3) is 1.53. The first-order valence-corrected chi connectivity index (χ1v) is 4.44. The number of aliphatic imine (C=N–C) groups is 1. The Morgan fingerprint density at radius 2 is 2.25 bits per heavy atom. The van der Waals surface area contributed by atoms with Gasteiger partial charge in [-0.15, -0.1) is 4.99 Å². The average molecular weight is 219 g/mol. The summed E-state index contributed by atoms with van der Waals surface area (Å²) < 4.78 is 18.1. The molecule has 1 aromatic heterocycles. The smallest absolute Gasteiger partial charge is 0.323 e. The van der Waals surface area contributed by atoms with Crippen molar-refractivity contribution in [2.75, 3.05) is 0 Å². The molecule has 0 radical (unpaired) electrons. The minimum absolute atomic E-state index is 0.0658. The summed E-state index contributed by atoms with van der Waals surface area (Å²) in [6, 6.07) is 3.90. The minimum atomic E-state index is -0.816. The molecule has 4 nitrogen and oxygen atoms in total. The molecule has 1 aromatic carbocycles. The van der Waals surface area contributed by atoms with E-state index >= 15 is 0 Å². The lowest BCUT2D eigenvalue weighted by Gasteiger charge is -1.89. The Balaban J connectivity index is 2.69. The molecule has 0 unspecified atom stereocenters. The molecule has 80 valence electrons. The van der Waals surface area contributed by atoms with E-state index in [-0.39, 0.29) is 5.76 Å². The van der Waals surface area contributed by atoms with E-state index < -0.39 is 11.7 Å². The number of amides is 1. The summed E-state index contributed by atoms with van der Waals surface area (Å²) in [6.07, 6.45) is 1.14. The molecule has 0 saturated heterocycles. The summed E-state index contributed by atoms with van der Waals surface area (Å²) >= 11 is 0. The van der Waals surface area contributed by atoms with Crippen LogP contribution in [-0.2, 0) is 4.79 Å². The van der Waals surface area contributed by atoms with Crippen LogP contribution in [0.1, 0.15) is 16.1 Å². The Morgan fingerprint density at radius 1 is 1.50 bits per heavy atom. The first-order valence-electron chi connectivity index (χ1n) is 4.44. The van der Waals surface area contributed by atoms with Crippen molar-refractivity contribution in [3.63, 3.8) is 0 Å². The van der Waals surface area contributed by atoms with E-state index in [0.29, 0.717) is 16.5 Å². The van der Waals surface area contributed by atoms with E-state index in [2.05, 4.69) is 4.99 Å². The van der Waals surface area contributed by atoms with Crippen molar-refractivity contribution < 1.29 is 18.4 Å². The van der Waals surface area contributed by atoms with Gasteiger partial charge in [-0.05, 0) is 25.1 Å². The van der Waals surface area contributed by atoms with Gasteiger partial charge < -0.3 is 4.42 Å². The van der Waals surface area contributed by atoms with Crippen LogP contribution in [0.2, 0.25) is 0 Å². The Kier molecular flexibility index (Phi) is 2.38. The number of nitrogens with zero attached hydrogens (tertiary/aromatic N) is 1. The summed E-state index contributed by atoms with van der Waals surface area (Å²) in [5.41, 5.74) is 0.835. The Labute approximate surface area is 89.4 Å². The molecule has 0 aliphatic rings. The lowest BCUT2D eigenvalue weighted by molar-refractivity contribution is 0.0978. The summed E-state index contributed by atoms with van der Waals surface area (Å²) in [5.74, 6) is -1.30. The van der Waals surface area contributed by atoms with E-state index in [1.165, 1.54) is 18.2 Å². The fourth-order valence-corrected chi connectivity index (χ4v) is 1.49. The second kappa shape index (κ2) is 3.72. The van der Waals surface area contributed by atoms with Crippen molar-refractivity contribution in [3.05, 3.63) is 35.3 Å². The number of benzene rings is 1. The second-order valence-electron chi connectivity index (χ2n) is 3.20. The highest BCUT2D eigenvalue weighted by atomic mass is 19.1. The van der Waals surface area contributed by atoms with Crippen LogP contribution >= 0.6 is 0 Å². The lowest BCUT2D eigenvalue weighted by atomic mass is 10.1. The van der Waals surface area contributed by atoms with Gasteiger partial charge in [0.25, 0.3) is 0 Å². The molecule has 0 fully saturated rings. The van der Waals surface area contributed by atoms with Crippen LogP contribution in [0.3, 0.4) is 0 Å². The predicted octanol–water partition coefficient (Wildman–Crippen LogP) is 2.36. The number of isocyanates is 1. The molecule has 0 spiro atoms. The van der Waals surface area contributed by atoms with Gasteiger partial charge in [0, 0.05) is 10.9 Å². The van der Waals surface area contributed by atoms with Gasteiger partial charge in [-0.3, -0.25) is 4.79 Å². The van der Waals surface area contributed by atoms with E-state index in [4.69, 9.17) is 4.42 Å². The number of halogens is 1. The molecule has 0 saturated carbocycles. The molecule has 2 aromatic rings. The van der Waals surface area contributed by atoms with Crippen molar-refractivity contribution in [1.82, 2.24) is 0 Å². The molecular weight excluding hydrogens is 213 g/mol. The van der Waals surface area contributed by atoms with E-state index in [1.807, 2.05) is 0 Å². The SMILES string of the molecule is Cc1c(C(=O)N=C=O)oc2ccc(F)cc12. The van der Waals surface area contributed by atoms with Crippen molar-refractivity contribution in [2.45, 2.75) is 6.92 Å². The summed E-state index contributed by atoms with van der Waals surface area (Å²) in [5, 5.41) is 0.490. The van der Waals surface area contributed by atoms with Gasteiger partial charge in [0.15, 0.2) is 5.76 Å². The Bertz CT molecular complexity index is 623. The molecule has 5 heteroatoms. The largest absolute Gasteiger partial charge is 0.450 e. The molecule has 0 aliphatic carbocycles. The number of carbonyl (C=O) groups excluding carboxylic acids is 2. The van der Waals surface area contributed by atoms with Crippen LogP contribution in [0, 0.1) is 12.7 Å². The summed E-state index contributed by atoms with van der Waals surface area (Å²) in [4.78, 5) is 24.2. The molecule has 1 heterocycles. The standard InChI is InChI=1S/C11H6FNO3/c1-6-8-4-7(12)2-3-9(8)16-10(6)11(15)13-5-14/h2-4H,1H3. The number of rotatable bonds is 1. The number of hydrogen-bond acceptors (Lipinski definition) is 3. The topological polar surface area (TPSA) is 59.6 Å². The fraction of sp³-hybridized carbons (Fsp3) is 0.0909. The molecule has 1 amide bonds. The van der Waals surface area contributed by atoms with Crippen LogP contribution in [0.25, 0.3) is 11.0 Å². The fourth-order valence-electron chi connectivity index (χ4n) is 1.49. The quantitative estimate of drug-likeness (QED) is 0.546. The zero-order chi connectivity index (χ0) is 11.7. The van der Waals surface area contributed by atoms with Gasteiger partial charge in [-0.1, -0.05) is 0 Å². The minimum Gasteiger partial charge on any atom is -0.450 e. The van der Waals surface area contributed by atoms with Crippen LogP contribution in [0.4, 0.5) is 4.39 Å². The zero-order valence-electron chi connectivity index (χ0n) is 8.28. The highest BCUT2D eigenvalue weighted by Gasteiger charge is 2.17. The molecule has 0 bridgehead atoms. The van der Waals surface area contributed by atoms with E-state index in [0.717, 1.165) is 6.08 Å². The summed E-state index contributed by atoms with van der Waals surface area (Å²) in [6.45, 7) is 1.60. The highest BCUT2D eigenvalue weighted by molar-refractivity contribution is 6.01. The highest BCUT2D eigenvalue weighted by Crippen LogP contribution is 2.26. The zero-order valence-corrected chi connectivity index (χ0v) is 8.28. The number of carbonyl (C=O) groups is 1. The van der Waals surface area contributed by atoms with Crippen LogP contribution < -0.4 is 0 Å². The monoisotopic (exact) mass is 219 g/mol. The van der Waals surface area contributed by atoms with Crippen molar-refractivity contribution in [1.29, 1.82) is 0 Å². The van der Waals surface area contributed by atoms with Gasteiger partial charge >= 0.3 is 5.91 Å². The normalized spacial score (nSPS) is 10.1. The first kappa shape index (κ1) is 10.3. The van der Waals surface area contributed by atoms with Crippen LogP contribution in [0.5, 0.6) is 0 Å². The first-order chi connectivity index (χ1) is 7.63. The molecular formula is C11H6FNO3. The van der Waals surface area contributed by atoms with Crippen molar-refractivity contribution in [2.24, 2.45) is 4.99 Å². The third-order valence-corrected chi connectivity index (χ3v) is 2.24. The van der Waals surface area contributed by atoms with Gasteiger partial charge in [0.2, 0.25) is 6.08 Å². The van der Waals surface area contributed by atoms with Gasteiger partial charge in [-0.25, -0.2) is 9.18 Å². The van der Waals surface area contributed by atoms with Gasteiger partial charge in [0.05, 0.1) is 0 Å². The predicted molar refractivity (Wildman–Crippen MR) is 53.4 cm³/mol. The molecule has 0 N–H and O–H groups in total. The molecule has 16 heavy (non-hydrogen) atoms. The van der Waals surface area contributed by atoms with Crippen molar-refractivity contribution >= 4 is 23.0 Å². The average Bonchev–Trinajstić information content (AvgIpc) is 2.57. The maximum Gasteiger partial charge on any atom is 0.323 e. The third-order valence-electron chi connectivity index (χ3n) is 2.24. The maximum atomic E-state index is 13.0. The molecule has 0 atom stereocenters. The number of hydrogen-bond donors (Lipinski definition) is 0.